The van der Waals surface area contributed by atoms with E-state index in [1.807, 2.05) is 59.8 Å². The van der Waals surface area contributed by atoms with Crippen LogP contribution >= 0.6 is 0 Å². The second-order valence-corrected chi connectivity index (χ2v) is 9.15. The molecule has 4 rings (SSSR count). The Morgan fingerprint density at radius 2 is 2.06 bits per heavy atom. The highest BCUT2D eigenvalue weighted by Crippen LogP contribution is 2.19. The summed E-state index contributed by atoms with van der Waals surface area (Å²) in [5.41, 5.74) is 3.64. The maximum Gasteiger partial charge on any atom is 0.224 e. The molecule has 1 aromatic heterocycles. The maximum atomic E-state index is 13.9. The lowest BCUT2D eigenvalue weighted by Gasteiger charge is -2.26. The fourth-order valence-electron chi connectivity index (χ4n) is 4.48. The molecule has 3 aromatic rings. The van der Waals surface area contributed by atoms with Crippen molar-refractivity contribution in [1.82, 2.24) is 14.7 Å². The van der Waals surface area contributed by atoms with Crippen LogP contribution < -0.4 is 4.74 Å². The van der Waals surface area contributed by atoms with Crippen molar-refractivity contribution < 1.29 is 18.7 Å². The van der Waals surface area contributed by atoms with E-state index in [0.29, 0.717) is 50.4 Å². The number of hydrogen-bond acceptors (Lipinski definition) is 4. The number of aryl methyl sites for hydroxylation is 3. The molecular formula is C28H34FN3O3. The van der Waals surface area contributed by atoms with Crippen LogP contribution in [-0.2, 0) is 29.0 Å². The number of halogens is 1. The van der Waals surface area contributed by atoms with E-state index in [9.17, 15) is 9.18 Å². The first-order chi connectivity index (χ1) is 17.0. The van der Waals surface area contributed by atoms with Crippen LogP contribution in [0.1, 0.15) is 41.8 Å². The number of aromatic nitrogens is 2. The first kappa shape index (κ1) is 24.9. The number of ether oxygens (including phenoxy) is 2. The number of carbonyl (C=O) groups is 1. The van der Waals surface area contributed by atoms with Gasteiger partial charge in [0.2, 0.25) is 5.91 Å². The second-order valence-electron chi connectivity index (χ2n) is 9.15. The van der Waals surface area contributed by atoms with E-state index in [1.54, 1.807) is 12.1 Å². The average molecular weight is 480 g/mol. The van der Waals surface area contributed by atoms with Crippen LogP contribution in [0.4, 0.5) is 4.39 Å². The van der Waals surface area contributed by atoms with E-state index >= 15 is 0 Å². The quantitative estimate of drug-likeness (QED) is 0.394. The Hall–Kier alpha value is -3.19. The fourth-order valence-corrected chi connectivity index (χ4v) is 4.48. The van der Waals surface area contributed by atoms with Gasteiger partial charge in [0, 0.05) is 44.8 Å². The Kier molecular flexibility index (Phi) is 8.53. The Morgan fingerprint density at radius 1 is 1.20 bits per heavy atom. The van der Waals surface area contributed by atoms with Crippen LogP contribution in [0.25, 0.3) is 0 Å². The minimum Gasteiger partial charge on any atom is -0.493 e. The van der Waals surface area contributed by atoms with Gasteiger partial charge in [-0.05, 0) is 62.1 Å². The van der Waals surface area contributed by atoms with E-state index in [-0.39, 0.29) is 17.8 Å². The lowest BCUT2D eigenvalue weighted by atomic mass is 10.1. The Morgan fingerprint density at radius 3 is 2.80 bits per heavy atom. The summed E-state index contributed by atoms with van der Waals surface area (Å²) < 4.78 is 27.5. The molecule has 0 N–H and O–H groups in total. The third-order valence-corrected chi connectivity index (χ3v) is 6.31. The van der Waals surface area contributed by atoms with Gasteiger partial charge < -0.3 is 14.4 Å². The molecule has 35 heavy (non-hydrogen) atoms. The third kappa shape index (κ3) is 7.15. The summed E-state index contributed by atoms with van der Waals surface area (Å²) in [4.78, 5) is 15.1. The van der Waals surface area contributed by atoms with E-state index in [1.165, 1.54) is 6.07 Å². The molecule has 0 radical (unpaired) electrons. The fraction of sp³-hybridized carbons (Fsp3) is 0.429. The maximum absolute atomic E-state index is 13.9. The molecule has 1 amide bonds. The molecule has 6 nitrogen and oxygen atoms in total. The SMILES string of the molecule is Cc1cc(C)n(CCC(=O)N(Cc2cccc(OCCc3ccccc3F)c2)CC2CCCO2)n1. The van der Waals surface area contributed by atoms with E-state index in [4.69, 9.17) is 9.47 Å². The standard InChI is InChI=1S/C28H34FN3O3/c1-21-17-22(2)32(30-21)14-12-28(33)31(20-26-10-6-15-34-26)19-23-7-5-9-25(18-23)35-16-13-24-8-3-4-11-27(24)29/h3-5,7-9,11,17-18,26H,6,10,12-16,19-20H2,1-2H3. The normalized spacial score (nSPS) is 15.3. The third-order valence-electron chi connectivity index (χ3n) is 6.31. The smallest absolute Gasteiger partial charge is 0.224 e. The van der Waals surface area contributed by atoms with Crippen LogP contribution in [0.3, 0.4) is 0 Å². The van der Waals surface area contributed by atoms with Crippen molar-refractivity contribution in [2.75, 3.05) is 19.8 Å². The molecule has 1 fully saturated rings. The average Bonchev–Trinajstić information content (AvgIpc) is 3.47. The number of hydrogen-bond donors (Lipinski definition) is 0. The first-order valence-corrected chi connectivity index (χ1v) is 12.3. The zero-order valence-corrected chi connectivity index (χ0v) is 20.6. The van der Waals surface area contributed by atoms with Gasteiger partial charge in [0.15, 0.2) is 0 Å². The van der Waals surface area contributed by atoms with E-state index < -0.39 is 0 Å². The van der Waals surface area contributed by atoms with Crippen LogP contribution in [0, 0.1) is 19.7 Å². The summed E-state index contributed by atoms with van der Waals surface area (Å²) in [6.45, 7) is 6.72. The van der Waals surface area contributed by atoms with E-state index in [0.717, 1.165) is 36.4 Å². The van der Waals surface area contributed by atoms with E-state index in [2.05, 4.69) is 5.10 Å². The van der Waals surface area contributed by atoms with Crippen molar-refractivity contribution in [3.8, 4) is 5.75 Å². The van der Waals surface area contributed by atoms with Gasteiger partial charge in [-0.3, -0.25) is 9.48 Å². The van der Waals surface area contributed by atoms with Gasteiger partial charge in [0.1, 0.15) is 11.6 Å². The highest BCUT2D eigenvalue weighted by atomic mass is 19.1. The Balaban J connectivity index is 1.37. The number of benzene rings is 2. The molecule has 0 bridgehead atoms. The largest absolute Gasteiger partial charge is 0.493 e. The monoisotopic (exact) mass is 479 g/mol. The van der Waals surface area contributed by atoms with Gasteiger partial charge in [-0.25, -0.2) is 4.39 Å². The van der Waals surface area contributed by atoms with Crippen LogP contribution in [0.15, 0.2) is 54.6 Å². The highest BCUT2D eigenvalue weighted by molar-refractivity contribution is 5.76. The predicted molar refractivity (Wildman–Crippen MR) is 133 cm³/mol. The van der Waals surface area contributed by atoms with Crippen molar-refractivity contribution in [3.63, 3.8) is 0 Å². The molecule has 186 valence electrons. The predicted octanol–water partition coefficient (Wildman–Crippen LogP) is 4.86. The summed E-state index contributed by atoms with van der Waals surface area (Å²) in [5.74, 6) is 0.582. The summed E-state index contributed by atoms with van der Waals surface area (Å²) in [6, 6.07) is 16.5. The van der Waals surface area contributed by atoms with Crippen molar-refractivity contribution in [3.05, 3.63) is 82.9 Å². The number of rotatable bonds is 11. The van der Waals surface area contributed by atoms with Crippen LogP contribution in [-0.4, -0.2) is 46.5 Å². The van der Waals surface area contributed by atoms with Gasteiger partial charge >= 0.3 is 0 Å². The molecule has 7 heteroatoms. The summed E-state index contributed by atoms with van der Waals surface area (Å²) in [5, 5.41) is 4.48. The zero-order chi connectivity index (χ0) is 24.6. The molecule has 1 aliphatic heterocycles. The van der Waals surface area contributed by atoms with Gasteiger partial charge in [0.05, 0.1) is 18.4 Å². The molecule has 2 aromatic carbocycles. The topological polar surface area (TPSA) is 56.6 Å². The Bertz CT molecular complexity index is 1120. The molecular weight excluding hydrogens is 445 g/mol. The van der Waals surface area contributed by atoms with Crippen molar-refractivity contribution >= 4 is 5.91 Å². The van der Waals surface area contributed by atoms with Gasteiger partial charge in [-0.15, -0.1) is 0 Å². The second kappa shape index (κ2) is 12.0. The molecule has 1 saturated heterocycles. The van der Waals surface area contributed by atoms with Crippen molar-refractivity contribution in [2.45, 2.75) is 58.7 Å². The lowest BCUT2D eigenvalue weighted by Crippen LogP contribution is -2.37. The minimum absolute atomic E-state index is 0.0767. The minimum atomic E-state index is -0.214. The number of carbonyl (C=O) groups excluding carboxylic acids is 1. The molecule has 0 saturated carbocycles. The van der Waals surface area contributed by atoms with Gasteiger partial charge in [-0.1, -0.05) is 30.3 Å². The van der Waals surface area contributed by atoms with Gasteiger partial charge in [0.25, 0.3) is 0 Å². The lowest BCUT2D eigenvalue weighted by molar-refractivity contribution is -0.133. The first-order valence-electron chi connectivity index (χ1n) is 12.3. The summed E-state index contributed by atoms with van der Waals surface area (Å²) in [7, 11) is 0. The summed E-state index contributed by atoms with van der Waals surface area (Å²) >= 11 is 0. The van der Waals surface area contributed by atoms with Gasteiger partial charge in [-0.2, -0.15) is 5.10 Å². The van der Waals surface area contributed by atoms with Crippen LogP contribution in [0.2, 0.25) is 0 Å². The number of nitrogens with zero attached hydrogens (tertiary/aromatic N) is 3. The molecule has 1 unspecified atom stereocenters. The molecule has 2 heterocycles. The molecule has 0 spiro atoms. The molecule has 1 atom stereocenters. The highest BCUT2D eigenvalue weighted by Gasteiger charge is 2.23. The summed E-state index contributed by atoms with van der Waals surface area (Å²) in [6.07, 6.45) is 2.96. The Labute approximate surface area is 206 Å². The van der Waals surface area contributed by atoms with Crippen molar-refractivity contribution in [1.29, 1.82) is 0 Å². The molecule has 0 aliphatic carbocycles. The molecule has 1 aliphatic rings. The van der Waals surface area contributed by atoms with Crippen molar-refractivity contribution in [2.24, 2.45) is 0 Å². The van der Waals surface area contributed by atoms with Crippen LogP contribution in [0.5, 0.6) is 5.75 Å². The zero-order valence-electron chi connectivity index (χ0n) is 20.6. The number of amides is 1.